The molecule has 0 aliphatic rings. The highest BCUT2D eigenvalue weighted by molar-refractivity contribution is 5.82. The summed E-state index contributed by atoms with van der Waals surface area (Å²) in [6.45, 7) is 0.533. The topological polar surface area (TPSA) is 58.6 Å². The highest BCUT2D eigenvalue weighted by Gasteiger charge is 2.18. The smallest absolute Gasteiger partial charge is 0.253 e. The van der Waals surface area contributed by atoms with Gasteiger partial charge in [-0.1, -0.05) is 30.3 Å². The average molecular weight is 223 g/mol. The van der Waals surface area contributed by atoms with Crippen molar-refractivity contribution >= 4 is 5.91 Å². The normalized spacial score (nSPS) is 12.1. The summed E-state index contributed by atoms with van der Waals surface area (Å²) in [5.74, 6) is -0.179. The third-order valence-corrected chi connectivity index (χ3v) is 2.21. The maximum absolute atomic E-state index is 11.7. The van der Waals surface area contributed by atoms with Gasteiger partial charge < -0.3 is 15.2 Å². The molecule has 4 nitrogen and oxygen atoms in total. The van der Waals surface area contributed by atoms with Gasteiger partial charge in [-0.15, -0.1) is 0 Å². The summed E-state index contributed by atoms with van der Waals surface area (Å²) < 4.78 is 5.15. The second-order valence-electron chi connectivity index (χ2n) is 3.39. The van der Waals surface area contributed by atoms with Crippen molar-refractivity contribution in [3.8, 4) is 0 Å². The summed E-state index contributed by atoms with van der Waals surface area (Å²) in [7, 11) is 1.50. The number of amides is 1. The first kappa shape index (κ1) is 12.7. The standard InChI is InChI=1S/C12H17NO3/c1-16-11(10-6-3-2-4-7-10)12(15)13-8-5-9-14/h2-4,6-7,11,14H,5,8-9H2,1H3,(H,13,15). The van der Waals surface area contributed by atoms with Crippen molar-refractivity contribution in [2.24, 2.45) is 0 Å². The van der Waals surface area contributed by atoms with E-state index in [1.54, 1.807) is 0 Å². The molecule has 0 aliphatic heterocycles. The summed E-state index contributed by atoms with van der Waals surface area (Å²) in [4.78, 5) is 11.7. The fourth-order valence-corrected chi connectivity index (χ4v) is 1.41. The lowest BCUT2D eigenvalue weighted by atomic mass is 10.1. The van der Waals surface area contributed by atoms with Gasteiger partial charge in [0.05, 0.1) is 0 Å². The lowest BCUT2D eigenvalue weighted by molar-refractivity contribution is -0.131. The maximum atomic E-state index is 11.7. The first-order chi connectivity index (χ1) is 7.79. The molecule has 0 saturated carbocycles. The van der Waals surface area contributed by atoms with Crippen LogP contribution in [0.5, 0.6) is 0 Å². The van der Waals surface area contributed by atoms with E-state index < -0.39 is 6.10 Å². The molecule has 0 bridgehead atoms. The van der Waals surface area contributed by atoms with Crippen LogP contribution in [0.1, 0.15) is 18.1 Å². The Hall–Kier alpha value is -1.39. The van der Waals surface area contributed by atoms with E-state index in [2.05, 4.69) is 5.32 Å². The summed E-state index contributed by atoms with van der Waals surface area (Å²) in [6, 6.07) is 9.31. The fourth-order valence-electron chi connectivity index (χ4n) is 1.41. The van der Waals surface area contributed by atoms with Crippen molar-refractivity contribution in [1.29, 1.82) is 0 Å². The van der Waals surface area contributed by atoms with Gasteiger partial charge in [0, 0.05) is 20.3 Å². The van der Waals surface area contributed by atoms with Crippen molar-refractivity contribution in [3.63, 3.8) is 0 Å². The Kier molecular flexibility index (Phi) is 5.53. The number of ether oxygens (including phenoxy) is 1. The van der Waals surface area contributed by atoms with E-state index in [1.165, 1.54) is 7.11 Å². The molecule has 1 atom stereocenters. The van der Waals surface area contributed by atoms with Gasteiger partial charge in [0.1, 0.15) is 0 Å². The predicted molar refractivity (Wildman–Crippen MR) is 60.9 cm³/mol. The van der Waals surface area contributed by atoms with Gasteiger partial charge in [0.25, 0.3) is 5.91 Å². The van der Waals surface area contributed by atoms with Crippen LogP contribution < -0.4 is 5.32 Å². The molecule has 0 aliphatic carbocycles. The van der Waals surface area contributed by atoms with Gasteiger partial charge in [-0.2, -0.15) is 0 Å². The van der Waals surface area contributed by atoms with Crippen LogP contribution in [0, 0.1) is 0 Å². The van der Waals surface area contributed by atoms with Gasteiger partial charge in [-0.3, -0.25) is 4.79 Å². The summed E-state index contributed by atoms with van der Waals surface area (Å²) in [5, 5.41) is 11.3. The molecule has 4 heteroatoms. The van der Waals surface area contributed by atoms with Crippen molar-refractivity contribution in [2.75, 3.05) is 20.3 Å². The number of hydrogen-bond donors (Lipinski definition) is 2. The van der Waals surface area contributed by atoms with Gasteiger partial charge >= 0.3 is 0 Å². The number of hydrogen-bond acceptors (Lipinski definition) is 3. The Morgan fingerprint density at radius 3 is 2.69 bits per heavy atom. The Bertz CT molecular complexity index is 313. The van der Waals surface area contributed by atoms with Crippen molar-refractivity contribution in [1.82, 2.24) is 5.32 Å². The SMILES string of the molecule is COC(C(=O)NCCCO)c1ccccc1. The van der Waals surface area contributed by atoms with Crippen LogP contribution in [-0.2, 0) is 9.53 Å². The molecule has 16 heavy (non-hydrogen) atoms. The first-order valence-corrected chi connectivity index (χ1v) is 5.26. The average Bonchev–Trinajstić information content (AvgIpc) is 2.32. The molecular weight excluding hydrogens is 206 g/mol. The number of benzene rings is 1. The number of aliphatic hydroxyl groups is 1. The van der Waals surface area contributed by atoms with E-state index in [-0.39, 0.29) is 12.5 Å². The molecule has 1 aromatic carbocycles. The number of nitrogens with one attached hydrogen (secondary N) is 1. The van der Waals surface area contributed by atoms with Crippen LogP contribution in [0.4, 0.5) is 0 Å². The zero-order chi connectivity index (χ0) is 11.8. The zero-order valence-electron chi connectivity index (χ0n) is 9.35. The van der Waals surface area contributed by atoms with Gasteiger partial charge in [-0.05, 0) is 12.0 Å². The van der Waals surface area contributed by atoms with Crippen molar-refractivity contribution < 1.29 is 14.6 Å². The van der Waals surface area contributed by atoms with E-state index in [9.17, 15) is 4.79 Å². The van der Waals surface area contributed by atoms with Crippen LogP contribution in [0.3, 0.4) is 0 Å². The Balaban J connectivity index is 2.57. The lowest BCUT2D eigenvalue weighted by Crippen LogP contribution is -2.31. The number of carbonyl (C=O) groups excluding carboxylic acids is 1. The van der Waals surface area contributed by atoms with Crippen LogP contribution in [-0.4, -0.2) is 31.3 Å². The number of carbonyl (C=O) groups is 1. The van der Waals surface area contributed by atoms with Gasteiger partial charge in [0.2, 0.25) is 0 Å². The molecule has 0 aromatic heterocycles. The quantitative estimate of drug-likeness (QED) is 0.704. The molecule has 1 amide bonds. The van der Waals surface area contributed by atoms with E-state index in [0.29, 0.717) is 13.0 Å². The summed E-state index contributed by atoms with van der Waals surface area (Å²) in [6.07, 6.45) is -0.0309. The minimum atomic E-state index is -0.583. The Labute approximate surface area is 95.2 Å². The van der Waals surface area contributed by atoms with Crippen LogP contribution >= 0.6 is 0 Å². The number of rotatable bonds is 6. The number of methoxy groups -OCH3 is 1. The van der Waals surface area contributed by atoms with E-state index >= 15 is 0 Å². The first-order valence-electron chi connectivity index (χ1n) is 5.26. The zero-order valence-corrected chi connectivity index (χ0v) is 9.35. The Morgan fingerprint density at radius 2 is 2.12 bits per heavy atom. The number of aliphatic hydroxyl groups excluding tert-OH is 1. The van der Waals surface area contributed by atoms with E-state index in [0.717, 1.165) is 5.56 Å². The molecule has 0 radical (unpaired) electrons. The van der Waals surface area contributed by atoms with Crippen LogP contribution in [0.2, 0.25) is 0 Å². The predicted octanol–water partition coefficient (Wildman–Crippen LogP) is 0.873. The molecule has 0 saturated heterocycles. The third-order valence-electron chi connectivity index (χ3n) is 2.21. The second-order valence-corrected chi connectivity index (χ2v) is 3.39. The van der Waals surface area contributed by atoms with Crippen LogP contribution in [0.15, 0.2) is 30.3 Å². The highest BCUT2D eigenvalue weighted by Crippen LogP contribution is 2.15. The highest BCUT2D eigenvalue weighted by atomic mass is 16.5. The lowest BCUT2D eigenvalue weighted by Gasteiger charge is -2.15. The molecule has 1 rings (SSSR count). The molecule has 2 N–H and O–H groups in total. The molecule has 0 fully saturated rings. The molecule has 0 heterocycles. The third kappa shape index (κ3) is 3.64. The fraction of sp³-hybridized carbons (Fsp3) is 0.417. The van der Waals surface area contributed by atoms with E-state index in [1.807, 2.05) is 30.3 Å². The van der Waals surface area contributed by atoms with Gasteiger partial charge in [0.15, 0.2) is 6.10 Å². The largest absolute Gasteiger partial charge is 0.396 e. The summed E-state index contributed by atoms with van der Waals surface area (Å²) >= 11 is 0. The minimum Gasteiger partial charge on any atom is -0.396 e. The summed E-state index contributed by atoms with van der Waals surface area (Å²) in [5.41, 5.74) is 0.825. The molecular formula is C12H17NO3. The second kappa shape index (κ2) is 6.98. The monoisotopic (exact) mass is 223 g/mol. The maximum Gasteiger partial charge on any atom is 0.253 e. The van der Waals surface area contributed by atoms with Crippen molar-refractivity contribution in [2.45, 2.75) is 12.5 Å². The van der Waals surface area contributed by atoms with Crippen LogP contribution in [0.25, 0.3) is 0 Å². The van der Waals surface area contributed by atoms with Crippen molar-refractivity contribution in [3.05, 3.63) is 35.9 Å². The molecule has 1 aromatic rings. The molecule has 0 spiro atoms. The molecule has 1 unspecified atom stereocenters. The molecule has 88 valence electrons. The van der Waals surface area contributed by atoms with Gasteiger partial charge in [-0.25, -0.2) is 0 Å². The minimum absolute atomic E-state index is 0.0727. The Morgan fingerprint density at radius 1 is 1.44 bits per heavy atom. The van der Waals surface area contributed by atoms with E-state index in [4.69, 9.17) is 9.84 Å².